The summed E-state index contributed by atoms with van der Waals surface area (Å²) in [5.74, 6) is 0.775. The lowest BCUT2D eigenvalue weighted by Crippen LogP contribution is -2.40. The molecule has 0 bridgehead atoms. The minimum absolute atomic E-state index is 0.251. The maximum Gasteiger partial charge on any atom is 0.322 e. The zero-order valence-corrected chi connectivity index (χ0v) is 18.0. The predicted molar refractivity (Wildman–Crippen MR) is 117 cm³/mol. The molecular formula is C23H27FN4O3. The van der Waals surface area contributed by atoms with E-state index in [9.17, 15) is 9.18 Å². The fraction of sp³-hybridized carbons (Fsp3) is 0.304. The van der Waals surface area contributed by atoms with E-state index >= 15 is 0 Å². The van der Waals surface area contributed by atoms with Gasteiger partial charge in [0.05, 0.1) is 27.1 Å². The Kier molecular flexibility index (Phi) is 7.48. The highest BCUT2D eigenvalue weighted by atomic mass is 19.1. The Morgan fingerprint density at radius 2 is 1.87 bits per heavy atom. The van der Waals surface area contributed by atoms with Crippen molar-refractivity contribution in [1.82, 2.24) is 14.9 Å². The molecule has 2 amide bonds. The zero-order chi connectivity index (χ0) is 22.2. The molecule has 1 N–H and O–H groups in total. The fourth-order valence-electron chi connectivity index (χ4n) is 3.21. The molecule has 2 aromatic carbocycles. The van der Waals surface area contributed by atoms with E-state index in [0.29, 0.717) is 23.7 Å². The van der Waals surface area contributed by atoms with Crippen LogP contribution in [0.3, 0.4) is 0 Å². The largest absolute Gasteiger partial charge is 0.493 e. The Balaban J connectivity index is 1.73. The zero-order valence-electron chi connectivity index (χ0n) is 18.0. The van der Waals surface area contributed by atoms with Crippen LogP contribution >= 0.6 is 0 Å². The van der Waals surface area contributed by atoms with Crippen LogP contribution in [0.4, 0.5) is 14.9 Å². The van der Waals surface area contributed by atoms with Crippen LogP contribution in [0.2, 0.25) is 0 Å². The highest BCUT2D eigenvalue weighted by Crippen LogP contribution is 2.32. The van der Waals surface area contributed by atoms with E-state index < -0.39 is 0 Å². The molecule has 0 aliphatic heterocycles. The number of urea groups is 1. The molecule has 31 heavy (non-hydrogen) atoms. The summed E-state index contributed by atoms with van der Waals surface area (Å²) in [7, 11) is 3.10. The molecule has 3 rings (SSSR count). The number of carbonyl (C=O) groups excluding carboxylic acids is 1. The molecule has 0 fully saturated rings. The van der Waals surface area contributed by atoms with Crippen molar-refractivity contribution in [1.29, 1.82) is 0 Å². The first-order chi connectivity index (χ1) is 15.0. The lowest BCUT2D eigenvalue weighted by Gasteiger charge is -2.24. The van der Waals surface area contributed by atoms with Crippen molar-refractivity contribution < 1.29 is 18.7 Å². The van der Waals surface area contributed by atoms with Crippen molar-refractivity contribution in [3.05, 3.63) is 72.1 Å². The standard InChI is InChI=1S/C23H27FN4O3/c1-17-14-25-16-27(17)12-4-11-26-23(29)28(15-18-5-7-19(24)8-6-18)20-9-10-21(30-2)22(13-20)31-3/h5-10,13-14,16H,4,11-12,15H2,1-3H3,(H,26,29). The molecule has 8 heteroatoms. The molecule has 0 saturated carbocycles. The molecule has 0 aliphatic carbocycles. The topological polar surface area (TPSA) is 68.6 Å². The van der Waals surface area contributed by atoms with Crippen LogP contribution in [0, 0.1) is 12.7 Å². The predicted octanol–water partition coefficient (Wildman–Crippen LogP) is 4.15. The number of hydrogen-bond acceptors (Lipinski definition) is 4. The van der Waals surface area contributed by atoms with Gasteiger partial charge in [0.25, 0.3) is 0 Å². The number of ether oxygens (including phenoxy) is 2. The number of aromatic nitrogens is 2. The third-order valence-electron chi connectivity index (χ3n) is 4.95. The quantitative estimate of drug-likeness (QED) is 0.522. The molecule has 0 unspecified atom stereocenters. The maximum atomic E-state index is 13.3. The van der Waals surface area contributed by atoms with Gasteiger partial charge in [-0.2, -0.15) is 0 Å². The first kappa shape index (κ1) is 22.1. The molecule has 3 aromatic rings. The molecule has 164 valence electrons. The minimum Gasteiger partial charge on any atom is -0.493 e. The van der Waals surface area contributed by atoms with E-state index in [-0.39, 0.29) is 18.4 Å². The Bertz CT molecular complexity index is 1000. The van der Waals surface area contributed by atoms with Crippen LogP contribution in [0.5, 0.6) is 11.5 Å². The van der Waals surface area contributed by atoms with Gasteiger partial charge in [-0.15, -0.1) is 0 Å². The lowest BCUT2D eigenvalue weighted by atomic mass is 10.2. The number of rotatable bonds is 9. The van der Waals surface area contributed by atoms with Gasteiger partial charge in [-0.05, 0) is 43.2 Å². The van der Waals surface area contributed by atoms with Crippen molar-refractivity contribution in [3.8, 4) is 11.5 Å². The fourth-order valence-corrected chi connectivity index (χ4v) is 3.21. The summed E-state index contributed by atoms with van der Waals surface area (Å²) >= 11 is 0. The van der Waals surface area contributed by atoms with Crippen molar-refractivity contribution in [2.75, 3.05) is 25.7 Å². The second kappa shape index (κ2) is 10.5. The highest BCUT2D eigenvalue weighted by Gasteiger charge is 2.18. The number of nitrogens with zero attached hydrogens (tertiary/aromatic N) is 3. The second-order valence-electron chi connectivity index (χ2n) is 7.07. The number of benzene rings is 2. The first-order valence-electron chi connectivity index (χ1n) is 10.0. The number of nitrogens with one attached hydrogen (secondary N) is 1. The monoisotopic (exact) mass is 426 g/mol. The summed E-state index contributed by atoms with van der Waals surface area (Å²) < 4.78 is 26.0. The number of imidazole rings is 1. The smallest absolute Gasteiger partial charge is 0.322 e. The number of halogens is 1. The van der Waals surface area contributed by atoms with Gasteiger partial charge in [0, 0.05) is 36.7 Å². The summed E-state index contributed by atoms with van der Waals surface area (Å²) in [5, 5.41) is 2.97. The second-order valence-corrected chi connectivity index (χ2v) is 7.07. The molecule has 0 saturated heterocycles. The number of hydrogen-bond donors (Lipinski definition) is 1. The number of aryl methyl sites for hydroxylation is 2. The molecule has 0 radical (unpaired) electrons. The van der Waals surface area contributed by atoms with Crippen molar-refractivity contribution >= 4 is 11.7 Å². The molecule has 7 nitrogen and oxygen atoms in total. The number of carbonyl (C=O) groups is 1. The Labute approximate surface area is 181 Å². The molecule has 0 spiro atoms. The molecule has 0 atom stereocenters. The Hall–Kier alpha value is -3.55. The van der Waals surface area contributed by atoms with Crippen molar-refractivity contribution in [3.63, 3.8) is 0 Å². The van der Waals surface area contributed by atoms with Gasteiger partial charge in [0.15, 0.2) is 11.5 Å². The molecule has 0 aliphatic rings. The van der Waals surface area contributed by atoms with E-state index in [1.807, 2.05) is 11.5 Å². The third-order valence-corrected chi connectivity index (χ3v) is 4.95. The molecule has 1 aromatic heterocycles. The van der Waals surface area contributed by atoms with E-state index in [4.69, 9.17) is 9.47 Å². The summed E-state index contributed by atoms with van der Waals surface area (Å²) in [6, 6.07) is 11.1. The van der Waals surface area contributed by atoms with Crippen molar-refractivity contribution in [2.45, 2.75) is 26.4 Å². The van der Waals surface area contributed by atoms with Gasteiger partial charge < -0.3 is 19.4 Å². The lowest BCUT2D eigenvalue weighted by molar-refractivity contribution is 0.245. The van der Waals surface area contributed by atoms with E-state index in [1.165, 1.54) is 12.1 Å². The van der Waals surface area contributed by atoms with Gasteiger partial charge >= 0.3 is 6.03 Å². The third kappa shape index (κ3) is 5.75. The van der Waals surface area contributed by atoms with Gasteiger partial charge in [-0.25, -0.2) is 14.2 Å². The van der Waals surface area contributed by atoms with Crippen LogP contribution in [0.25, 0.3) is 0 Å². The normalized spacial score (nSPS) is 10.6. The van der Waals surface area contributed by atoms with Gasteiger partial charge in [-0.3, -0.25) is 4.90 Å². The minimum atomic E-state index is -0.319. The Morgan fingerprint density at radius 1 is 1.13 bits per heavy atom. The summed E-state index contributed by atoms with van der Waals surface area (Å²) in [6.07, 6.45) is 4.35. The van der Waals surface area contributed by atoms with Gasteiger partial charge in [-0.1, -0.05) is 12.1 Å². The van der Waals surface area contributed by atoms with Crippen LogP contribution in [0.15, 0.2) is 55.0 Å². The summed E-state index contributed by atoms with van der Waals surface area (Å²) in [6.45, 7) is 3.54. The SMILES string of the molecule is COc1ccc(N(Cc2ccc(F)cc2)C(=O)NCCCn2cncc2C)cc1OC. The molecular weight excluding hydrogens is 399 g/mol. The van der Waals surface area contributed by atoms with Crippen LogP contribution in [-0.4, -0.2) is 36.3 Å². The molecule has 1 heterocycles. The van der Waals surface area contributed by atoms with E-state index in [2.05, 4.69) is 10.3 Å². The summed E-state index contributed by atoms with van der Waals surface area (Å²) in [5.41, 5.74) is 2.53. The van der Waals surface area contributed by atoms with E-state index in [0.717, 1.165) is 24.2 Å². The first-order valence-corrected chi connectivity index (χ1v) is 10.0. The number of methoxy groups -OCH3 is 2. The average Bonchev–Trinajstić information content (AvgIpc) is 3.20. The number of amides is 2. The van der Waals surface area contributed by atoms with Crippen LogP contribution < -0.4 is 19.7 Å². The van der Waals surface area contributed by atoms with Crippen LogP contribution in [-0.2, 0) is 13.1 Å². The van der Waals surface area contributed by atoms with Gasteiger partial charge in [0.2, 0.25) is 0 Å². The highest BCUT2D eigenvalue weighted by molar-refractivity contribution is 5.92. The summed E-state index contributed by atoms with van der Waals surface area (Å²) in [4.78, 5) is 18.7. The average molecular weight is 426 g/mol. The number of anilines is 1. The Morgan fingerprint density at radius 3 is 2.52 bits per heavy atom. The van der Waals surface area contributed by atoms with Gasteiger partial charge in [0.1, 0.15) is 5.82 Å². The van der Waals surface area contributed by atoms with Crippen LogP contribution in [0.1, 0.15) is 17.7 Å². The van der Waals surface area contributed by atoms with Crippen molar-refractivity contribution in [2.24, 2.45) is 0 Å². The van der Waals surface area contributed by atoms with E-state index in [1.54, 1.807) is 62.0 Å². The maximum absolute atomic E-state index is 13.3.